The monoisotopic (exact) mass is 280 g/mol. The molecule has 20 heavy (non-hydrogen) atoms. The second-order valence-corrected chi connectivity index (χ2v) is 4.49. The van der Waals surface area contributed by atoms with E-state index >= 15 is 0 Å². The average Bonchev–Trinajstić information content (AvgIpc) is 2.47. The fourth-order valence-electron chi connectivity index (χ4n) is 1.98. The Morgan fingerprint density at radius 1 is 1.25 bits per heavy atom. The number of ether oxygens (including phenoxy) is 2. The van der Waals surface area contributed by atoms with Crippen LogP contribution in [0.3, 0.4) is 0 Å². The Morgan fingerprint density at radius 3 is 2.35 bits per heavy atom. The van der Waals surface area contributed by atoms with Gasteiger partial charge in [-0.2, -0.15) is 0 Å². The first-order chi connectivity index (χ1) is 9.55. The van der Waals surface area contributed by atoms with Crippen LogP contribution in [0.25, 0.3) is 0 Å². The van der Waals surface area contributed by atoms with Gasteiger partial charge in [-0.3, -0.25) is 4.79 Å². The molecule has 0 saturated heterocycles. The minimum absolute atomic E-state index is 0.0212. The molecule has 0 bridgehead atoms. The largest absolute Gasteiger partial charge is 0.497 e. The van der Waals surface area contributed by atoms with E-state index in [2.05, 4.69) is 0 Å². The SMILES string of the molecule is CCN(CC)C(=O)C(C)Oc1cc(CN)cc(OC)c1. The maximum atomic E-state index is 12.2. The molecule has 2 N–H and O–H groups in total. The topological polar surface area (TPSA) is 64.8 Å². The van der Waals surface area contributed by atoms with Crippen LogP contribution < -0.4 is 15.2 Å². The van der Waals surface area contributed by atoms with Crippen molar-refractivity contribution < 1.29 is 14.3 Å². The molecule has 5 nitrogen and oxygen atoms in total. The Bertz CT molecular complexity index is 422. The molecule has 1 aromatic carbocycles. The van der Waals surface area contributed by atoms with Crippen LogP contribution >= 0.6 is 0 Å². The van der Waals surface area contributed by atoms with Gasteiger partial charge in [0.05, 0.1) is 7.11 Å². The summed E-state index contributed by atoms with van der Waals surface area (Å²) in [5.41, 5.74) is 6.54. The molecule has 1 aromatic rings. The molecule has 1 atom stereocenters. The first-order valence-corrected chi connectivity index (χ1v) is 6.89. The first kappa shape index (κ1) is 16.3. The van der Waals surface area contributed by atoms with Crippen LogP contribution in [-0.4, -0.2) is 37.1 Å². The van der Waals surface area contributed by atoms with Crippen molar-refractivity contribution in [2.24, 2.45) is 5.73 Å². The molecule has 0 aromatic heterocycles. The predicted molar refractivity (Wildman–Crippen MR) is 78.9 cm³/mol. The molecular weight excluding hydrogens is 256 g/mol. The van der Waals surface area contributed by atoms with Crippen LogP contribution in [0, 0.1) is 0 Å². The van der Waals surface area contributed by atoms with Crippen molar-refractivity contribution in [2.75, 3.05) is 20.2 Å². The van der Waals surface area contributed by atoms with Gasteiger partial charge in [-0.15, -0.1) is 0 Å². The van der Waals surface area contributed by atoms with Crippen molar-refractivity contribution in [1.82, 2.24) is 4.90 Å². The van der Waals surface area contributed by atoms with Crippen molar-refractivity contribution in [2.45, 2.75) is 33.4 Å². The van der Waals surface area contributed by atoms with Gasteiger partial charge in [0.25, 0.3) is 5.91 Å². The van der Waals surface area contributed by atoms with E-state index < -0.39 is 6.10 Å². The fourth-order valence-corrected chi connectivity index (χ4v) is 1.98. The molecule has 0 heterocycles. The number of rotatable bonds is 7. The maximum Gasteiger partial charge on any atom is 0.263 e. The number of hydrogen-bond donors (Lipinski definition) is 1. The molecular formula is C15H24N2O3. The Labute approximate surface area is 120 Å². The summed E-state index contributed by atoms with van der Waals surface area (Å²) in [4.78, 5) is 13.9. The van der Waals surface area contributed by atoms with E-state index in [1.165, 1.54) is 0 Å². The summed E-state index contributed by atoms with van der Waals surface area (Å²) in [7, 11) is 1.59. The number of nitrogens with two attached hydrogens (primary N) is 1. The highest BCUT2D eigenvalue weighted by molar-refractivity contribution is 5.80. The zero-order valence-electron chi connectivity index (χ0n) is 12.7. The maximum absolute atomic E-state index is 12.2. The number of benzene rings is 1. The van der Waals surface area contributed by atoms with E-state index in [4.69, 9.17) is 15.2 Å². The van der Waals surface area contributed by atoms with Gasteiger partial charge in [-0.25, -0.2) is 0 Å². The van der Waals surface area contributed by atoms with Crippen LogP contribution in [0.5, 0.6) is 11.5 Å². The van der Waals surface area contributed by atoms with Gasteiger partial charge in [0.15, 0.2) is 6.10 Å². The fraction of sp³-hybridized carbons (Fsp3) is 0.533. The molecule has 0 saturated carbocycles. The van der Waals surface area contributed by atoms with Gasteiger partial charge >= 0.3 is 0 Å². The third-order valence-corrected chi connectivity index (χ3v) is 3.15. The predicted octanol–water partition coefficient (Wildman–Crippen LogP) is 1.79. The van der Waals surface area contributed by atoms with Gasteiger partial charge in [0, 0.05) is 25.7 Å². The summed E-state index contributed by atoms with van der Waals surface area (Å²) in [6, 6.07) is 5.43. The van der Waals surface area contributed by atoms with Crippen molar-refractivity contribution in [3.63, 3.8) is 0 Å². The van der Waals surface area contributed by atoms with Crippen LogP contribution in [0.2, 0.25) is 0 Å². The number of carbonyl (C=O) groups is 1. The minimum atomic E-state index is -0.535. The van der Waals surface area contributed by atoms with Crippen molar-refractivity contribution >= 4 is 5.91 Å². The van der Waals surface area contributed by atoms with Gasteiger partial charge in [-0.1, -0.05) is 0 Å². The summed E-state index contributed by atoms with van der Waals surface area (Å²) in [6.45, 7) is 7.40. The van der Waals surface area contributed by atoms with Crippen LogP contribution in [0.4, 0.5) is 0 Å². The van der Waals surface area contributed by atoms with E-state index in [0.29, 0.717) is 31.1 Å². The van der Waals surface area contributed by atoms with Crippen LogP contribution in [-0.2, 0) is 11.3 Å². The van der Waals surface area contributed by atoms with E-state index in [1.807, 2.05) is 26.0 Å². The number of carbonyl (C=O) groups excluding carboxylic acids is 1. The Balaban J connectivity index is 2.84. The lowest BCUT2D eigenvalue weighted by molar-refractivity contribution is -0.137. The highest BCUT2D eigenvalue weighted by atomic mass is 16.5. The van der Waals surface area contributed by atoms with Gasteiger partial charge in [0.1, 0.15) is 11.5 Å². The van der Waals surface area contributed by atoms with E-state index in [-0.39, 0.29) is 5.91 Å². The molecule has 1 rings (SSSR count). The van der Waals surface area contributed by atoms with Gasteiger partial charge in [0.2, 0.25) is 0 Å². The number of likely N-dealkylation sites (N-methyl/N-ethyl adjacent to an activating group) is 1. The highest BCUT2D eigenvalue weighted by Crippen LogP contribution is 2.23. The lowest BCUT2D eigenvalue weighted by Crippen LogP contribution is -2.40. The lowest BCUT2D eigenvalue weighted by Gasteiger charge is -2.23. The standard InChI is InChI=1S/C15H24N2O3/c1-5-17(6-2)15(18)11(3)20-14-8-12(10-16)7-13(9-14)19-4/h7-9,11H,5-6,10,16H2,1-4H3. The first-order valence-electron chi connectivity index (χ1n) is 6.89. The lowest BCUT2D eigenvalue weighted by atomic mass is 10.2. The minimum Gasteiger partial charge on any atom is -0.497 e. The smallest absolute Gasteiger partial charge is 0.263 e. The molecule has 0 aliphatic carbocycles. The molecule has 112 valence electrons. The molecule has 1 unspecified atom stereocenters. The molecule has 0 fully saturated rings. The van der Waals surface area contributed by atoms with E-state index in [0.717, 1.165) is 5.56 Å². The summed E-state index contributed by atoms with van der Waals surface area (Å²) >= 11 is 0. The van der Waals surface area contributed by atoms with Gasteiger partial charge < -0.3 is 20.1 Å². The molecule has 5 heteroatoms. The molecule has 0 spiro atoms. The Kier molecular flexibility index (Phi) is 6.31. The number of methoxy groups -OCH3 is 1. The van der Waals surface area contributed by atoms with Gasteiger partial charge in [-0.05, 0) is 38.5 Å². The summed E-state index contributed by atoms with van der Waals surface area (Å²) in [5.74, 6) is 1.25. The van der Waals surface area contributed by atoms with E-state index in [9.17, 15) is 4.79 Å². The third-order valence-electron chi connectivity index (χ3n) is 3.15. The van der Waals surface area contributed by atoms with Crippen molar-refractivity contribution in [1.29, 1.82) is 0 Å². The average molecular weight is 280 g/mol. The summed E-state index contributed by atoms with van der Waals surface area (Å²) in [5, 5.41) is 0. The summed E-state index contributed by atoms with van der Waals surface area (Å²) in [6.07, 6.45) is -0.535. The number of hydrogen-bond acceptors (Lipinski definition) is 4. The molecule has 1 amide bonds. The zero-order chi connectivity index (χ0) is 15.1. The van der Waals surface area contributed by atoms with Crippen molar-refractivity contribution in [3.8, 4) is 11.5 Å². The summed E-state index contributed by atoms with van der Waals surface area (Å²) < 4.78 is 10.9. The normalized spacial score (nSPS) is 11.8. The van der Waals surface area contributed by atoms with Crippen molar-refractivity contribution in [3.05, 3.63) is 23.8 Å². The second kappa shape index (κ2) is 7.75. The molecule has 0 aliphatic rings. The van der Waals surface area contributed by atoms with Crippen LogP contribution in [0.15, 0.2) is 18.2 Å². The zero-order valence-corrected chi connectivity index (χ0v) is 12.7. The van der Waals surface area contributed by atoms with E-state index in [1.54, 1.807) is 25.0 Å². The van der Waals surface area contributed by atoms with Crippen LogP contribution in [0.1, 0.15) is 26.3 Å². The highest BCUT2D eigenvalue weighted by Gasteiger charge is 2.20. The Morgan fingerprint density at radius 2 is 1.85 bits per heavy atom. The molecule has 0 radical (unpaired) electrons. The Hall–Kier alpha value is -1.75. The quantitative estimate of drug-likeness (QED) is 0.827. The number of amides is 1. The third kappa shape index (κ3) is 4.13. The number of nitrogens with zero attached hydrogens (tertiary/aromatic N) is 1. The second-order valence-electron chi connectivity index (χ2n) is 4.49. The molecule has 0 aliphatic heterocycles.